The number of carbonyl (C=O) groups is 1. The number of carbonyl (C=O) groups excluding carboxylic acids is 1. The topological polar surface area (TPSA) is 64.3 Å². The predicted molar refractivity (Wildman–Crippen MR) is 71.9 cm³/mol. The highest BCUT2D eigenvalue weighted by atomic mass is 79.9. The van der Waals surface area contributed by atoms with Gasteiger partial charge in [0.25, 0.3) is 0 Å². The summed E-state index contributed by atoms with van der Waals surface area (Å²) in [5.74, 6) is -0.0965. The fourth-order valence-corrected chi connectivity index (χ4v) is 1.80. The summed E-state index contributed by atoms with van der Waals surface area (Å²) in [6, 6.07) is 7.46. The van der Waals surface area contributed by atoms with Gasteiger partial charge >= 0.3 is 0 Å². The van der Waals surface area contributed by atoms with Gasteiger partial charge in [-0.2, -0.15) is 0 Å². The highest BCUT2D eigenvalue weighted by Gasteiger charge is 2.13. The van der Waals surface area contributed by atoms with E-state index in [1.807, 2.05) is 31.2 Å². The molecule has 0 radical (unpaired) electrons. The number of ether oxygens (including phenoxy) is 1. The molecule has 1 aromatic rings. The van der Waals surface area contributed by atoms with E-state index in [0.29, 0.717) is 13.2 Å². The molecule has 0 saturated carbocycles. The molecule has 0 spiro atoms. The molecule has 1 aromatic carbocycles. The molecular weight excluding hydrogens is 284 g/mol. The van der Waals surface area contributed by atoms with Crippen LogP contribution in [0.4, 0.5) is 5.69 Å². The lowest BCUT2D eigenvalue weighted by Crippen LogP contribution is -2.29. The van der Waals surface area contributed by atoms with E-state index in [9.17, 15) is 4.79 Å². The number of nitrogens with one attached hydrogen (secondary N) is 1. The fourth-order valence-electron chi connectivity index (χ4n) is 1.42. The number of anilines is 1. The van der Waals surface area contributed by atoms with Gasteiger partial charge in [0, 0.05) is 17.6 Å². The van der Waals surface area contributed by atoms with Crippen LogP contribution in [-0.2, 0) is 9.53 Å². The summed E-state index contributed by atoms with van der Waals surface area (Å²) in [6.07, 6.45) is 0.0496. The molecule has 0 saturated heterocycles. The van der Waals surface area contributed by atoms with Crippen LogP contribution in [0, 0.1) is 0 Å². The second-order valence-electron chi connectivity index (χ2n) is 3.55. The molecule has 0 aliphatic rings. The molecule has 0 fully saturated rings. The Hall–Kier alpha value is -0.910. The first-order chi connectivity index (χ1) is 8.17. The van der Waals surface area contributed by atoms with Crippen molar-refractivity contribution in [3.63, 3.8) is 0 Å². The lowest BCUT2D eigenvalue weighted by Gasteiger charge is -2.14. The maximum atomic E-state index is 11.7. The van der Waals surface area contributed by atoms with Crippen molar-refractivity contribution >= 4 is 27.5 Å². The molecule has 1 amide bonds. The van der Waals surface area contributed by atoms with Crippen LogP contribution in [0.2, 0.25) is 0 Å². The summed E-state index contributed by atoms with van der Waals surface area (Å²) >= 11 is 3.37. The van der Waals surface area contributed by atoms with Crippen LogP contribution in [-0.4, -0.2) is 25.2 Å². The van der Waals surface area contributed by atoms with Gasteiger partial charge in [0.1, 0.15) is 0 Å². The lowest BCUT2D eigenvalue weighted by molar-refractivity contribution is -0.118. The SMILES string of the molecule is CCOC(CN)CC(=O)Nc1ccccc1Br. The first-order valence-electron chi connectivity index (χ1n) is 5.53. The van der Waals surface area contributed by atoms with Crippen LogP contribution in [0.25, 0.3) is 0 Å². The highest BCUT2D eigenvalue weighted by molar-refractivity contribution is 9.10. The van der Waals surface area contributed by atoms with Crippen LogP contribution in [0.15, 0.2) is 28.7 Å². The Kier molecular flexibility index (Phi) is 6.18. The molecule has 1 atom stereocenters. The third kappa shape index (κ3) is 4.85. The standard InChI is InChI=1S/C12H17BrN2O2/c1-2-17-9(8-14)7-12(16)15-11-6-4-3-5-10(11)13/h3-6,9H,2,7-8,14H2,1H3,(H,15,16). The maximum absolute atomic E-state index is 11.7. The van der Waals surface area contributed by atoms with Crippen LogP contribution in [0.3, 0.4) is 0 Å². The van der Waals surface area contributed by atoms with Crippen molar-refractivity contribution in [3.8, 4) is 0 Å². The van der Waals surface area contributed by atoms with Crippen molar-refractivity contribution in [1.29, 1.82) is 0 Å². The van der Waals surface area contributed by atoms with Crippen molar-refractivity contribution in [2.75, 3.05) is 18.5 Å². The lowest BCUT2D eigenvalue weighted by atomic mass is 10.2. The number of benzene rings is 1. The fraction of sp³-hybridized carbons (Fsp3) is 0.417. The summed E-state index contributed by atoms with van der Waals surface area (Å²) in [5, 5.41) is 2.81. The van der Waals surface area contributed by atoms with Crippen LogP contribution < -0.4 is 11.1 Å². The molecule has 5 heteroatoms. The molecular formula is C12H17BrN2O2. The Morgan fingerprint density at radius 3 is 2.82 bits per heavy atom. The highest BCUT2D eigenvalue weighted by Crippen LogP contribution is 2.21. The summed E-state index contributed by atoms with van der Waals surface area (Å²) < 4.78 is 6.19. The minimum atomic E-state index is -0.220. The van der Waals surface area contributed by atoms with E-state index in [1.165, 1.54) is 0 Å². The number of hydrogen-bond donors (Lipinski definition) is 2. The van der Waals surface area contributed by atoms with Gasteiger partial charge in [0.05, 0.1) is 18.2 Å². The van der Waals surface area contributed by atoms with E-state index < -0.39 is 0 Å². The molecule has 4 nitrogen and oxygen atoms in total. The molecule has 0 aromatic heterocycles. The average Bonchev–Trinajstić information content (AvgIpc) is 2.31. The zero-order valence-electron chi connectivity index (χ0n) is 9.78. The van der Waals surface area contributed by atoms with Gasteiger partial charge in [-0.3, -0.25) is 4.79 Å². The van der Waals surface area contributed by atoms with Crippen molar-refractivity contribution in [2.45, 2.75) is 19.4 Å². The number of hydrogen-bond acceptors (Lipinski definition) is 3. The minimum Gasteiger partial charge on any atom is -0.377 e. The third-order valence-electron chi connectivity index (χ3n) is 2.23. The van der Waals surface area contributed by atoms with Gasteiger partial charge in [-0.25, -0.2) is 0 Å². The summed E-state index contributed by atoms with van der Waals surface area (Å²) in [6.45, 7) is 2.79. The number of rotatable bonds is 6. The maximum Gasteiger partial charge on any atom is 0.227 e. The number of amides is 1. The number of para-hydroxylation sites is 1. The molecule has 17 heavy (non-hydrogen) atoms. The van der Waals surface area contributed by atoms with Gasteiger partial charge in [0.2, 0.25) is 5.91 Å². The van der Waals surface area contributed by atoms with E-state index in [2.05, 4.69) is 21.2 Å². The first kappa shape index (κ1) is 14.2. The van der Waals surface area contributed by atoms with Gasteiger partial charge in [-0.15, -0.1) is 0 Å². The Morgan fingerprint density at radius 1 is 1.53 bits per heavy atom. The summed E-state index contributed by atoms with van der Waals surface area (Å²) in [7, 11) is 0. The Morgan fingerprint density at radius 2 is 2.24 bits per heavy atom. The third-order valence-corrected chi connectivity index (χ3v) is 2.92. The second kappa shape index (κ2) is 7.42. The average molecular weight is 301 g/mol. The predicted octanol–water partition coefficient (Wildman–Crippen LogP) is 2.14. The van der Waals surface area contributed by atoms with Crippen molar-refractivity contribution in [1.82, 2.24) is 0 Å². The largest absolute Gasteiger partial charge is 0.377 e. The normalized spacial score (nSPS) is 12.2. The van der Waals surface area contributed by atoms with Crippen molar-refractivity contribution in [2.24, 2.45) is 5.73 Å². The zero-order chi connectivity index (χ0) is 12.7. The number of halogens is 1. The van der Waals surface area contributed by atoms with E-state index in [0.717, 1.165) is 10.2 Å². The van der Waals surface area contributed by atoms with Gasteiger partial charge < -0.3 is 15.8 Å². The quantitative estimate of drug-likeness (QED) is 0.846. The van der Waals surface area contributed by atoms with E-state index >= 15 is 0 Å². The second-order valence-corrected chi connectivity index (χ2v) is 4.40. The van der Waals surface area contributed by atoms with Crippen molar-refractivity contribution < 1.29 is 9.53 Å². The van der Waals surface area contributed by atoms with Gasteiger partial charge in [0.15, 0.2) is 0 Å². The molecule has 3 N–H and O–H groups in total. The van der Waals surface area contributed by atoms with Crippen molar-refractivity contribution in [3.05, 3.63) is 28.7 Å². The number of nitrogens with two attached hydrogens (primary N) is 1. The molecule has 1 unspecified atom stereocenters. The summed E-state index contributed by atoms with van der Waals surface area (Å²) in [5.41, 5.74) is 6.27. The summed E-state index contributed by atoms with van der Waals surface area (Å²) in [4.78, 5) is 11.7. The van der Waals surface area contributed by atoms with Crippen LogP contribution in [0.5, 0.6) is 0 Å². The molecule has 0 aliphatic heterocycles. The van der Waals surface area contributed by atoms with Crippen LogP contribution in [0.1, 0.15) is 13.3 Å². The van der Waals surface area contributed by atoms with E-state index in [1.54, 1.807) is 0 Å². The van der Waals surface area contributed by atoms with Gasteiger partial charge in [-0.05, 0) is 35.0 Å². The first-order valence-corrected chi connectivity index (χ1v) is 6.32. The molecule has 94 valence electrons. The Bertz CT molecular complexity index is 371. The molecule has 1 rings (SSSR count). The molecule has 0 heterocycles. The van der Waals surface area contributed by atoms with E-state index in [4.69, 9.17) is 10.5 Å². The van der Waals surface area contributed by atoms with Crippen LogP contribution >= 0.6 is 15.9 Å². The van der Waals surface area contributed by atoms with Gasteiger partial charge in [-0.1, -0.05) is 12.1 Å². The van der Waals surface area contributed by atoms with E-state index in [-0.39, 0.29) is 18.4 Å². The monoisotopic (exact) mass is 300 g/mol. The Balaban J connectivity index is 2.52. The zero-order valence-corrected chi connectivity index (χ0v) is 11.4. The minimum absolute atomic E-state index is 0.0965. The Labute approximate surface area is 110 Å². The smallest absolute Gasteiger partial charge is 0.227 e. The molecule has 0 bridgehead atoms. The molecule has 0 aliphatic carbocycles.